The average Bonchev–Trinajstić information content (AvgIpc) is 0.791. The lowest BCUT2D eigenvalue weighted by Gasteiger charge is -2.46. The van der Waals surface area contributed by atoms with Gasteiger partial charge in [-0.3, -0.25) is 4.79 Å². The highest BCUT2D eigenvalue weighted by Gasteiger charge is 2.51. The van der Waals surface area contributed by atoms with Crippen molar-refractivity contribution < 1.29 is 64.6 Å². The van der Waals surface area contributed by atoms with Gasteiger partial charge in [-0.05, 0) is 32.1 Å². The van der Waals surface area contributed by atoms with Gasteiger partial charge in [0.25, 0.3) is 0 Å². The molecular weight excluding hydrogens is 1270 g/mol. The van der Waals surface area contributed by atoms with Crippen LogP contribution < -0.4 is 5.32 Å². The first-order valence-corrected chi connectivity index (χ1v) is 44.1. The third-order valence-corrected chi connectivity index (χ3v) is 21.9. The van der Waals surface area contributed by atoms with Gasteiger partial charge in [-0.2, -0.15) is 0 Å². The second-order valence-corrected chi connectivity index (χ2v) is 31.4. The minimum Gasteiger partial charge on any atom is -0.394 e. The Morgan fingerprint density at radius 3 is 0.970 bits per heavy atom. The number of unbranched alkanes of at least 4 members (excludes halogenated alkanes) is 61. The molecule has 2 fully saturated rings. The summed E-state index contributed by atoms with van der Waals surface area (Å²) in [5, 5.41) is 87.8. The van der Waals surface area contributed by atoms with Crippen LogP contribution in [0.3, 0.4) is 0 Å². The monoisotopic (exact) mass is 1430 g/mol. The highest BCUT2D eigenvalue weighted by molar-refractivity contribution is 5.76. The number of aliphatic hydroxyl groups is 8. The van der Waals surface area contributed by atoms with Crippen LogP contribution in [0.15, 0.2) is 24.3 Å². The van der Waals surface area contributed by atoms with Crippen molar-refractivity contribution in [1.29, 1.82) is 0 Å². The summed E-state index contributed by atoms with van der Waals surface area (Å²) in [4.78, 5) is 13.4. The summed E-state index contributed by atoms with van der Waals surface area (Å²) in [6, 6.07) is -0.931. The summed E-state index contributed by atoms with van der Waals surface area (Å²) in [5.74, 6) is -0.239. The fourth-order valence-corrected chi connectivity index (χ4v) is 15.0. The van der Waals surface area contributed by atoms with Crippen LogP contribution in [0.4, 0.5) is 0 Å². The standard InChI is InChI=1S/C87H167NO13/c1-3-5-7-9-11-13-15-17-19-21-23-25-27-29-31-33-34-35-36-37-38-39-40-41-42-43-45-47-49-51-53-55-57-59-61-63-65-67-69-71-79(92)88-75(74-98-86-84(97)82(95)85(78(73-90)100-86)101-87-83(96)81(94)80(93)77(72-89)99-87)76(91)70-68-66-64-62-60-58-56-54-52-50-48-46-44-32-30-28-26-24-22-20-18-16-14-12-10-8-6-4-2/h60,62,68,70,75-78,80-87,89-91,93-97H,3-59,61,63-67,69,71-74H2,1-2H3,(H,88,92)/b62-60+,70-68+. The van der Waals surface area contributed by atoms with Gasteiger partial charge in [-0.15, -0.1) is 0 Å². The first-order chi connectivity index (χ1) is 49.6. The number of hydrogen-bond donors (Lipinski definition) is 9. The van der Waals surface area contributed by atoms with Gasteiger partial charge in [-0.25, -0.2) is 0 Å². The van der Waals surface area contributed by atoms with Crippen LogP contribution >= 0.6 is 0 Å². The molecule has 2 aliphatic rings. The molecule has 0 spiro atoms. The molecule has 14 nitrogen and oxygen atoms in total. The Morgan fingerprint density at radius 2 is 0.634 bits per heavy atom. The number of amides is 1. The van der Waals surface area contributed by atoms with E-state index in [-0.39, 0.29) is 18.9 Å². The summed E-state index contributed by atoms with van der Waals surface area (Å²) in [6.07, 6.45) is 77.4. The van der Waals surface area contributed by atoms with E-state index in [4.69, 9.17) is 18.9 Å². The maximum atomic E-state index is 13.4. The largest absolute Gasteiger partial charge is 0.394 e. The molecule has 0 aromatic heterocycles. The first kappa shape index (κ1) is 95.5. The summed E-state index contributed by atoms with van der Waals surface area (Å²) in [6.45, 7) is 2.87. The zero-order chi connectivity index (χ0) is 73.0. The summed E-state index contributed by atoms with van der Waals surface area (Å²) >= 11 is 0. The number of carbonyl (C=O) groups excluding carboxylic acids is 1. The zero-order valence-electron chi connectivity index (χ0n) is 65.9. The van der Waals surface area contributed by atoms with E-state index in [1.807, 2.05) is 6.08 Å². The van der Waals surface area contributed by atoms with E-state index >= 15 is 0 Å². The van der Waals surface area contributed by atoms with E-state index in [2.05, 4.69) is 31.3 Å². The van der Waals surface area contributed by atoms with E-state index in [1.165, 1.54) is 366 Å². The van der Waals surface area contributed by atoms with Gasteiger partial charge in [0.05, 0.1) is 32.0 Å². The lowest BCUT2D eigenvalue weighted by Crippen LogP contribution is -2.65. The molecule has 2 saturated heterocycles. The van der Waals surface area contributed by atoms with E-state index in [1.54, 1.807) is 6.08 Å². The van der Waals surface area contributed by atoms with Crippen molar-refractivity contribution in [2.75, 3.05) is 19.8 Å². The van der Waals surface area contributed by atoms with Crippen LogP contribution in [0.25, 0.3) is 0 Å². The first-order valence-electron chi connectivity index (χ1n) is 44.1. The molecule has 12 unspecified atom stereocenters. The zero-order valence-corrected chi connectivity index (χ0v) is 65.9. The molecule has 9 N–H and O–H groups in total. The van der Waals surface area contributed by atoms with Gasteiger partial charge < -0.3 is 65.1 Å². The summed E-state index contributed by atoms with van der Waals surface area (Å²) in [5.41, 5.74) is 0. The molecule has 1 amide bonds. The molecule has 101 heavy (non-hydrogen) atoms. The minimum atomic E-state index is -1.79. The van der Waals surface area contributed by atoms with Crippen molar-refractivity contribution in [3.05, 3.63) is 24.3 Å². The number of ether oxygens (including phenoxy) is 4. The third kappa shape index (κ3) is 53.8. The quantitative estimate of drug-likeness (QED) is 0.0204. The highest BCUT2D eigenvalue weighted by atomic mass is 16.7. The normalized spacial score (nSPS) is 21.8. The molecule has 14 heteroatoms. The van der Waals surface area contributed by atoms with Crippen LogP contribution in [0.2, 0.25) is 0 Å². The molecule has 0 aromatic rings. The fraction of sp³-hybridized carbons (Fsp3) is 0.943. The number of rotatable bonds is 76. The fourth-order valence-electron chi connectivity index (χ4n) is 15.0. The van der Waals surface area contributed by atoms with Gasteiger partial charge in [0, 0.05) is 6.42 Å². The molecule has 2 heterocycles. The summed E-state index contributed by atoms with van der Waals surface area (Å²) in [7, 11) is 0. The number of hydrogen-bond acceptors (Lipinski definition) is 13. The van der Waals surface area contributed by atoms with Crippen LogP contribution in [0, 0.1) is 0 Å². The molecule has 2 rings (SSSR count). The van der Waals surface area contributed by atoms with E-state index in [9.17, 15) is 45.6 Å². The van der Waals surface area contributed by atoms with Crippen molar-refractivity contribution in [3.63, 3.8) is 0 Å². The van der Waals surface area contributed by atoms with Crippen LogP contribution in [-0.4, -0.2) is 140 Å². The van der Waals surface area contributed by atoms with Gasteiger partial charge in [-0.1, -0.05) is 417 Å². The van der Waals surface area contributed by atoms with Crippen molar-refractivity contribution in [3.8, 4) is 0 Å². The maximum absolute atomic E-state index is 13.4. The minimum absolute atomic E-state index is 0.239. The molecule has 0 aliphatic carbocycles. The molecule has 2 aliphatic heterocycles. The summed E-state index contributed by atoms with van der Waals surface area (Å²) < 4.78 is 22.9. The Morgan fingerprint density at radius 1 is 0.347 bits per heavy atom. The van der Waals surface area contributed by atoms with E-state index in [0.29, 0.717) is 12.8 Å². The number of carbonyl (C=O) groups is 1. The predicted molar refractivity (Wildman–Crippen MR) is 420 cm³/mol. The van der Waals surface area contributed by atoms with Gasteiger partial charge in [0.2, 0.25) is 5.91 Å². The van der Waals surface area contributed by atoms with Crippen molar-refractivity contribution in [1.82, 2.24) is 5.32 Å². The van der Waals surface area contributed by atoms with Crippen molar-refractivity contribution in [2.45, 2.75) is 505 Å². The van der Waals surface area contributed by atoms with E-state index in [0.717, 1.165) is 32.1 Å². The topological polar surface area (TPSA) is 228 Å². The Balaban J connectivity index is 1.56. The van der Waals surface area contributed by atoms with Gasteiger partial charge >= 0.3 is 0 Å². The Hall–Kier alpha value is -1.53. The van der Waals surface area contributed by atoms with Crippen molar-refractivity contribution in [2.24, 2.45) is 0 Å². The Kier molecular flexibility index (Phi) is 67.5. The van der Waals surface area contributed by atoms with Gasteiger partial charge in [0.1, 0.15) is 48.8 Å². The maximum Gasteiger partial charge on any atom is 0.220 e. The van der Waals surface area contributed by atoms with Crippen molar-refractivity contribution >= 4 is 5.91 Å². The second kappa shape index (κ2) is 71.4. The SMILES string of the molecule is CCCCCCCCCCCCCCCCCCCCCCCC/C=C/CC/C=C/C(O)C(COC1OC(CO)C(OC2OC(CO)C(O)C(O)C2O)C(O)C1O)NC(=O)CCCCCCCCCCCCCCCCCCCCCCCCCCCCCCCCCCCCCCCCC. The van der Waals surface area contributed by atoms with Gasteiger partial charge in [0.15, 0.2) is 12.6 Å². The number of allylic oxidation sites excluding steroid dienone is 3. The lowest BCUT2D eigenvalue weighted by molar-refractivity contribution is -0.359. The molecule has 12 atom stereocenters. The van der Waals surface area contributed by atoms with Crippen LogP contribution in [-0.2, 0) is 23.7 Å². The average molecular weight is 1440 g/mol. The Bertz CT molecular complexity index is 1790. The second-order valence-electron chi connectivity index (χ2n) is 31.4. The highest BCUT2D eigenvalue weighted by Crippen LogP contribution is 2.31. The lowest BCUT2D eigenvalue weighted by atomic mass is 9.97. The smallest absolute Gasteiger partial charge is 0.220 e. The molecule has 0 saturated carbocycles. The molecule has 598 valence electrons. The molecular formula is C87H167NO13. The van der Waals surface area contributed by atoms with Crippen LogP contribution in [0.1, 0.15) is 431 Å². The molecule has 0 radical (unpaired) electrons. The van der Waals surface area contributed by atoms with E-state index < -0.39 is 86.8 Å². The molecule has 0 aromatic carbocycles. The predicted octanol–water partition coefficient (Wildman–Crippen LogP) is 21.0. The molecule has 0 bridgehead atoms. The Labute approximate surface area is 621 Å². The third-order valence-electron chi connectivity index (χ3n) is 21.9. The number of aliphatic hydroxyl groups excluding tert-OH is 8. The number of nitrogens with one attached hydrogen (secondary N) is 1. The van der Waals surface area contributed by atoms with Crippen LogP contribution in [0.5, 0.6) is 0 Å².